The predicted molar refractivity (Wildman–Crippen MR) is 90.0 cm³/mol. The fourth-order valence-corrected chi connectivity index (χ4v) is 2.47. The van der Waals surface area contributed by atoms with Crippen molar-refractivity contribution in [2.45, 2.75) is 32.4 Å². The van der Waals surface area contributed by atoms with Crippen LogP contribution in [0.4, 0.5) is 0 Å². The molecule has 3 heteroatoms. The van der Waals surface area contributed by atoms with Gasteiger partial charge in [0.05, 0.1) is 13.7 Å². The van der Waals surface area contributed by atoms with Crippen molar-refractivity contribution in [1.29, 1.82) is 0 Å². The van der Waals surface area contributed by atoms with Gasteiger partial charge in [0.25, 0.3) is 0 Å². The summed E-state index contributed by atoms with van der Waals surface area (Å²) in [5.41, 5.74) is 9.73. The van der Waals surface area contributed by atoms with Gasteiger partial charge in [-0.1, -0.05) is 42.5 Å². The first kappa shape index (κ1) is 16.5. The Balaban J connectivity index is 1.71. The smallest absolute Gasteiger partial charge is 0.121 e. The largest absolute Gasteiger partial charge is 0.496 e. The second-order valence-corrected chi connectivity index (χ2v) is 5.52. The highest BCUT2D eigenvalue weighted by Gasteiger charge is 2.08. The molecule has 3 nitrogen and oxygen atoms in total. The van der Waals surface area contributed by atoms with Crippen LogP contribution >= 0.6 is 0 Å². The maximum Gasteiger partial charge on any atom is 0.121 e. The average molecular weight is 299 g/mol. The van der Waals surface area contributed by atoms with Crippen molar-refractivity contribution in [3.8, 4) is 5.75 Å². The minimum Gasteiger partial charge on any atom is -0.496 e. The Kier molecular flexibility index (Phi) is 6.44. The van der Waals surface area contributed by atoms with E-state index in [2.05, 4.69) is 18.2 Å². The Hall–Kier alpha value is -1.84. The van der Waals surface area contributed by atoms with Crippen molar-refractivity contribution < 1.29 is 9.47 Å². The molecule has 0 aromatic heterocycles. The van der Waals surface area contributed by atoms with Crippen molar-refractivity contribution in [3.63, 3.8) is 0 Å². The van der Waals surface area contributed by atoms with Gasteiger partial charge in [-0.15, -0.1) is 0 Å². The number of benzene rings is 2. The molecule has 0 bridgehead atoms. The highest BCUT2D eigenvalue weighted by Crippen LogP contribution is 2.23. The number of ether oxygens (including phenoxy) is 2. The molecule has 0 fully saturated rings. The zero-order valence-electron chi connectivity index (χ0n) is 13.4. The minimum absolute atomic E-state index is 0.0462. The molecule has 0 unspecified atom stereocenters. The van der Waals surface area contributed by atoms with Crippen LogP contribution in [0.15, 0.2) is 48.5 Å². The Morgan fingerprint density at radius 2 is 1.86 bits per heavy atom. The summed E-state index contributed by atoms with van der Waals surface area (Å²) in [4.78, 5) is 0. The number of hydrogen-bond acceptors (Lipinski definition) is 3. The molecule has 0 heterocycles. The lowest BCUT2D eigenvalue weighted by molar-refractivity contribution is 0.116. The van der Waals surface area contributed by atoms with Gasteiger partial charge in [0.1, 0.15) is 5.75 Å². The Bertz CT molecular complexity index is 569. The molecule has 0 saturated carbocycles. The standard InChI is InChI=1S/C19H25NO2/c1-15-13-17(10-11-19(15)21-2)18(20)9-6-12-22-14-16-7-4-3-5-8-16/h3-5,7-8,10-11,13,18H,6,9,12,14,20H2,1-2H3/t18-/m1/s1. The molecule has 2 aromatic rings. The normalized spacial score (nSPS) is 12.1. The Morgan fingerprint density at radius 1 is 1.09 bits per heavy atom. The number of aryl methyl sites for hydroxylation is 1. The number of nitrogens with two attached hydrogens (primary N) is 1. The summed E-state index contributed by atoms with van der Waals surface area (Å²) >= 11 is 0. The van der Waals surface area contributed by atoms with Crippen molar-refractivity contribution >= 4 is 0 Å². The van der Waals surface area contributed by atoms with Crippen LogP contribution in [0.25, 0.3) is 0 Å². The molecule has 0 aliphatic carbocycles. The Morgan fingerprint density at radius 3 is 2.55 bits per heavy atom. The summed E-state index contributed by atoms with van der Waals surface area (Å²) in [7, 11) is 1.69. The lowest BCUT2D eigenvalue weighted by Crippen LogP contribution is -2.11. The maximum absolute atomic E-state index is 6.25. The number of methoxy groups -OCH3 is 1. The molecule has 0 aliphatic heterocycles. The van der Waals surface area contributed by atoms with Gasteiger partial charge in [-0.2, -0.15) is 0 Å². The topological polar surface area (TPSA) is 44.5 Å². The van der Waals surface area contributed by atoms with Gasteiger partial charge in [-0.05, 0) is 42.5 Å². The third-order valence-electron chi connectivity index (χ3n) is 3.76. The minimum atomic E-state index is 0.0462. The van der Waals surface area contributed by atoms with Gasteiger partial charge in [-0.25, -0.2) is 0 Å². The van der Waals surface area contributed by atoms with Gasteiger partial charge in [0.2, 0.25) is 0 Å². The van der Waals surface area contributed by atoms with E-state index in [0.717, 1.165) is 36.3 Å². The maximum atomic E-state index is 6.25. The van der Waals surface area contributed by atoms with Gasteiger partial charge < -0.3 is 15.2 Å². The fraction of sp³-hybridized carbons (Fsp3) is 0.368. The van der Waals surface area contributed by atoms with E-state index in [1.807, 2.05) is 37.3 Å². The van der Waals surface area contributed by atoms with Crippen LogP contribution in [0.5, 0.6) is 5.75 Å². The van der Waals surface area contributed by atoms with Gasteiger partial charge >= 0.3 is 0 Å². The van der Waals surface area contributed by atoms with Crippen molar-refractivity contribution in [2.75, 3.05) is 13.7 Å². The Labute approximate surface area is 133 Å². The molecule has 22 heavy (non-hydrogen) atoms. The monoisotopic (exact) mass is 299 g/mol. The molecule has 2 N–H and O–H groups in total. The van der Waals surface area contributed by atoms with E-state index in [1.54, 1.807) is 7.11 Å². The van der Waals surface area contributed by atoms with Crippen LogP contribution in [0, 0.1) is 6.92 Å². The molecule has 0 radical (unpaired) electrons. The average Bonchev–Trinajstić information content (AvgIpc) is 2.55. The van der Waals surface area contributed by atoms with Crippen LogP contribution in [0.1, 0.15) is 35.6 Å². The lowest BCUT2D eigenvalue weighted by atomic mass is 10.0. The summed E-state index contributed by atoms with van der Waals surface area (Å²) < 4.78 is 11.0. The summed E-state index contributed by atoms with van der Waals surface area (Å²) in [6.45, 7) is 3.44. The third kappa shape index (κ3) is 4.86. The molecule has 0 spiro atoms. The first-order chi connectivity index (χ1) is 10.7. The van der Waals surface area contributed by atoms with E-state index in [0.29, 0.717) is 6.61 Å². The first-order valence-corrected chi connectivity index (χ1v) is 7.72. The SMILES string of the molecule is COc1ccc([C@H](N)CCCOCc2ccccc2)cc1C. The van der Waals surface area contributed by atoms with Crippen molar-refractivity contribution in [2.24, 2.45) is 5.73 Å². The summed E-state index contributed by atoms with van der Waals surface area (Å²) in [6.07, 6.45) is 1.87. The second-order valence-electron chi connectivity index (χ2n) is 5.52. The third-order valence-corrected chi connectivity index (χ3v) is 3.76. The lowest BCUT2D eigenvalue weighted by Gasteiger charge is -2.14. The molecule has 2 rings (SSSR count). The molecular formula is C19H25NO2. The van der Waals surface area contributed by atoms with E-state index in [-0.39, 0.29) is 6.04 Å². The summed E-state index contributed by atoms with van der Waals surface area (Å²) in [5.74, 6) is 0.905. The van der Waals surface area contributed by atoms with Gasteiger partial charge in [0.15, 0.2) is 0 Å². The molecule has 2 aromatic carbocycles. The van der Waals surface area contributed by atoms with Crippen LogP contribution in [-0.2, 0) is 11.3 Å². The highest BCUT2D eigenvalue weighted by molar-refractivity contribution is 5.37. The summed E-state index contributed by atoms with van der Waals surface area (Å²) in [5, 5.41) is 0. The molecule has 1 atom stereocenters. The predicted octanol–water partition coefficient (Wildman–Crippen LogP) is 4.00. The molecular weight excluding hydrogens is 274 g/mol. The van der Waals surface area contributed by atoms with E-state index < -0.39 is 0 Å². The fourth-order valence-electron chi connectivity index (χ4n) is 2.47. The van der Waals surface area contributed by atoms with Crippen LogP contribution < -0.4 is 10.5 Å². The molecule has 0 saturated heterocycles. The number of hydrogen-bond donors (Lipinski definition) is 1. The quantitative estimate of drug-likeness (QED) is 0.749. The van der Waals surface area contributed by atoms with Crippen LogP contribution in [-0.4, -0.2) is 13.7 Å². The number of rotatable bonds is 8. The first-order valence-electron chi connectivity index (χ1n) is 7.72. The summed E-state index contributed by atoms with van der Waals surface area (Å²) in [6, 6.07) is 16.4. The zero-order chi connectivity index (χ0) is 15.8. The molecule has 0 amide bonds. The van der Waals surface area contributed by atoms with E-state index in [4.69, 9.17) is 15.2 Å². The zero-order valence-corrected chi connectivity index (χ0v) is 13.4. The van der Waals surface area contributed by atoms with Gasteiger partial charge in [-0.3, -0.25) is 0 Å². The van der Waals surface area contributed by atoms with Crippen LogP contribution in [0.3, 0.4) is 0 Å². The van der Waals surface area contributed by atoms with Crippen LogP contribution in [0.2, 0.25) is 0 Å². The van der Waals surface area contributed by atoms with Gasteiger partial charge in [0, 0.05) is 12.6 Å². The van der Waals surface area contributed by atoms with E-state index >= 15 is 0 Å². The van der Waals surface area contributed by atoms with Crippen molar-refractivity contribution in [1.82, 2.24) is 0 Å². The second kappa shape index (κ2) is 8.57. The molecule has 118 valence electrons. The highest BCUT2D eigenvalue weighted by atomic mass is 16.5. The van der Waals surface area contributed by atoms with E-state index in [9.17, 15) is 0 Å². The molecule has 0 aliphatic rings. The van der Waals surface area contributed by atoms with Crippen molar-refractivity contribution in [3.05, 3.63) is 65.2 Å². The van der Waals surface area contributed by atoms with E-state index in [1.165, 1.54) is 5.56 Å².